The maximum atomic E-state index is 9.51. The largest absolute Gasteiger partial charge is 0.495 e. The van der Waals surface area contributed by atoms with Crippen molar-refractivity contribution in [2.45, 2.75) is 31.9 Å². The topological polar surface area (TPSA) is 41.5 Å². The van der Waals surface area contributed by atoms with Crippen LogP contribution in [0.15, 0.2) is 21.1 Å². The van der Waals surface area contributed by atoms with E-state index >= 15 is 0 Å². The predicted molar refractivity (Wildman–Crippen MR) is 83.4 cm³/mol. The van der Waals surface area contributed by atoms with Crippen LogP contribution in [0, 0.1) is 5.92 Å². The van der Waals surface area contributed by atoms with Crippen LogP contribution in [0.3, 0.4) is 0 Å². The summed E-state index contributed by atoms with van der Waals surface area (Å²) in [6.07, 6.45) is 2.89. The van der Waals surface area contributed by atoms with Gasteiger partial charge in [0.1, 0.15) is 5.75 Å². The minimum Gasteiger partial charge on any atom is -0.495 e. The molecule has 0 spiro atoms. The lowest BCUT2D eigenvalue weighted by Gasteiger charge is -2.14. The van der Waals surface area contributed by atoms with Crippen molar-refractivity contribution in [1.29, 1.82) is 0 Å². The Hall–Kier alpha value is -0.100. The van der Waals surface area contributed by atoms with Gasteiger partial charge in [-0.1, -0.05) is 15.9 Å². The molecule has 3 nitrogen and oxygen atoms in total. The first kappa shape index (κ1) is 15.3. The number of aliphatic hydroxyl groups excluding tert-OH is 1. The Bertz CT molecular complexity index is 440. The molecule has 0 heterocycles. The number of benzene rings is 1. The summed E-state index contributed by atoms with van der Waals surface area (Å²) in [6, 6.07) is 4.05. The Morgan fingerprint density at radius 3 is 2.79 bits per heavy atom. The highest BCUT2D eigenvalue weighted by Crippen LogP contribution is 2.32. The number of ether oxygens (including phenoxy) is 1. The van der Waals surface area contributed by atoms with Gasteiger partial charge >= 0.3 is 0 Å². The number of halogens is 2. The molecule has 0 aliphatic heterocycles. The Morgan fingerprint density at radius 2 is 2.16 bits per heavy atom. The summed E-state index contributed by atoms with van der Waals surface area (Å²) in [6.45, 7) is 1.72. The molecule has 2 rings (SSSR count). The van der Waals surface area contributed by atoms with Gasteiger partial charge in [-0.15, -0.1) is 0 Å². The van der Waals surface area contributed by atoms with E-state index in [0.717, 1.165) is 52.6 Å². The third kappa shape index (κ3) is 4.18. The monoisotopic (exact) mass is 391 g/mol. The Morgan fingerprint density at radius 1 is 1.37 bits per heavy atom. The number of hydrogen-bond donors (Lipinski definition) is 2. The normalized spacial score (nSPS) is 22.7. The molecule has 1 aromatic rings. The molecule has 2 atom stereocenters. The smallest absolute Gasteiger partial charge is 0.137 e. The minimum absolute atomic E-state index is 0.0960. The number of methoxy groups -OCH3 is 1. The van der Waals surface area contributed by atoms with Gasteiger partial charge in [0.15, 0.2) is 0 Å². The Kier molecular flexibility index (Phi) is 5.69. The van der Waals surface area contributed by atoms with Crippen molar-refractivity contribution in [1.82, 2.24) is 5.32 Å². The highest BCUT2D eigenvalue weighted by atomic mass is 79.9. The van der Waals surface area contributed by atoms with Crippen LogP contribution in [-0.2, 0) is 6.54 Å². The van der Waals surface area contributed by atoms with E-state index in [1.807, 2.05) is 6.07 Å². The van der Waals surface area contributed by atoms with Crippen molar-refractivity contribution in [2.24, 2.45) is 5.92 Å². The molecule has 0 aromatic heterocycles. The van der Waals surface area contributed by atoms with Crippen LogP contribution < -0.4 is 10.1 Å². The highest BCUT2D eigenvalue weighted by Gasteiger charge is 2.22. The molecule has 0 radical (unpaired) electrons. The van der Waals surface area contributed by atoms with Gasteiger partial charge in [-0.2, -0.15) is 0 Å². The lowest BCUT2D eigenvalue weighted by atomic mass is 10.1. The second kappa shape index (κ2) is 7.07. The molecule has 19 heavy (non-hydrogen) atoms. The fraction of sp³-hybridized carbons (Fsp3) is 0.571. The Labute approximate surface area is 131 Å². The lowest BCUT2D eigenvalue weighted by Crippen LogP contribution is -2.21. The van der Waals surface area contributed by atoms with Gasteiger partial charge in [-0.05, 0) is 59.8 Å². The molecule has 106 valence electrons. The summed E-state index contributed by atoms with van der Waals surface area (Å²) in [5, 5.41) is 13.0. The molecule has 1 fully saturated rings. The van der Waals surface area contributed by atoms with Gasteiger partial charge in [-0.3, -0.25) is 0 Å². The van der Waals surface area contributed by atoms with E-state index in [-0.39, 0.29) is 6.10 Å². The van der Waals surface area contributed by atoms with Crippen LogP contribution in [0.25, 0.3) is 0 Å². The van der Waals surface area contributed by atoms with Crippen molar-refractivity contribution in [2.75, 3.05) is 13.7 Å². The zero-order valence-electron chi connectivity index (χ0n) is 11.0. The van der Waals surface area contributed by atoms with Crippen LogP contribution in [-0.4, -0.2) is 24.9 Å². The molecule has 0 amide bonds. The quantitative estimate of drug-likeness (QED) is 0.805. The van der Waals surface area contributed by atoms with E-state index in [1.54, 1.807) is 7.11 Å². The van der Waals surface area contributed by atoms with Gasteiger partial charge in [0, 0.05) is 16.6 Å². The SMILES string of the molecule is COc1c(Br)cc(Br)cc1CNCC1CCC(O)C1. The number of aliphatic hydroxyl groups is 1. The van der Waals surface area contributed by atoms with E-state index in [9.17, 15) is 5.11 Å². The van der Waals surface area contributed by atoms with E-state index in [0.29, 0.717) is 5.92 Å². The molecule has 0 bridgehead atoms. The molecule has 2 unspecified atom stereocenters. The molecule has 1 aromatic carbocycles. The molecular formula is C14H19Br2NO2. The van der Waals surface area contributed by atoms with Crippen molar-refractivity contribution < 1.29 is 9.84 Å². The third-order valence-electron chi connectivity index (χ3n) is 3.55. The lowest BCUT2D eigenvalue weighted by molar-refractivity contribution is 0.177. The van der Waals surface area contributed by atoms with Crippen LogP contribution in [0.2, 0.25) is 0 Å². The molecule has 5 heteroatoms. The highest BCUT2D eigenvalue weighted by molar-refractivity contribution is 9.11. The molecular weight excluding hydrogens is 374 g/mol. The number of hydrogen-bond acceptors (Lipinski definition) is 3. The van der Waals surface area contributed by atoms with E-state index in [4.69, 9.17) is 4.74 Å². The first-order chi connectivity index (χ1) is 9.10. The van der Waals surface area contributed by atoms with Crippen LogP contribution in [0.4, 0.5) is 0 Å². The fourth-order valence-corrected chi connectivity index (χ4v) is 4.09. The number of rotatable bonds is 5. The summed E-state index contributed by atoms with van der Waals surface area (Å²) < 4.78 is 7.41. The van der Waals surface area contributed by atoms with Crippen molar-refractivity contribution in [3.63, 3.8) is 0 Å². The Balaban J connectivity index is 1.92. The van der Waals surface area contributed by atoms with Gasteiger partial charge in [0.05, 0.1) is 17.7 Å². The molecule has 0 saturated heterocycles. The van der Waals surface area contributed by atoms with Crippen LogP contribution >= 0.6 is 31.9 Å². The predicted octanol–water partition coefficient (Wildman–Crippen LogP) is 3.47. The molecule has 1 aliphatic carbocycles. The van der Waals surface area contributed by atoms with Crippen LogP contribution in [0.1, 0.15) is 24.8 Å². The summed E-state index contributed by atoms with van der Waals surface area (Å²) >= 11 is 7.00. The van der Waals surface area contributed by atoms with Gasteiger partial charge < -0.3 is 15.2 Å². The number of nitrogens with one attached hydrogen (secondary N) is 1. The van der Waals surface area contributed by atoms with Crippen LogP contribution in [0.5, 0.6) is 5.75 Å². The average Bonchev–Trinajstić information content (AvgIpc) is 2.74. The summed E-state index contributed by atoms with van der Waals surface area (Å²) in [7, 11) is 1.69. The second-order valence-electron chi connectivity index (χ2n) is 5.04. The summed E-state index contributed by atoms with van der Waals surface area (Å²) in [5.41, 5.74) is 1.13. The average molecular weight is 393 g/mol. The second-order valence-corrected chi connectivity index (χ2v) is 6.81. The maximum Gasteiger partial charge on any atom is 0.137 e. The first-order valence-corrected chi connectivity index (χ1v) is 8.09. The minimum atomic E-state index is -0.0960. The first-order valence-electron chi connectivity index (χ1n) is 6.51. The van der Waals surface area contributed by atoms with E-state index in [1.165, 1.54) is 0 Å². The zero-order valence-corrected chi connectivity index (χ0v) is 14.1. The van der Waals surface area contributed by atoms with E-state index < -0.39 is 0 Å². The summed E-state index contributed by atoms with van der Waals surface area (Å²) in [5.74, 6) is 1.47. The fourth-order valence-electron chi connectivity index (χ4n) is 2.62. The third-order valence-corrected chi connectivity index (χ3v) is 4.60. The van der Waals surface area contributed by atoms with Gasteiger partial charge in [-0.25, -0.2) is 0 Å². The van der Waals surface area contributed by atoms with Gasteiger partial charge in [0.2, 0.25) is 0 Å². The van der Waals surface area contributed by atoms with Crippen molar-refractivity contribution in [3.05, 3.63) is 26.6 Å². The molecule has 1 saturated carbocycles. The maximum absolute atomic E-state index is 9.51. The van der Waals surface area contributed by atoms with Gasteiger partial charge in [0.25, 0.3) is 0 Å². The zero-order chi connectivity index (χ0) is 13.8. The molecule has 1 aliphatic rings. The summed E-state index contributed by atoms with van der Waals surface area (Å²) in [4.78, 5) is 0. The van der Waals surface area contributed by atoms with Crippen molar-refractivity contribution >= 4 is 31.9 Å². The van der Waals surface area contributed by atoms with E-state index in [2.05, 4.69) is 43.2 Å². The van der Waals surface area contributed by atoms with Crippen molar-refractivity contribution in [3.8, 4) is 5.75 Å². The standard InChI is InChI=1S/C14H19Br2NO2/c1-19-14-10(5-11(15)6-13(14)16)8-17-7-9-2-3-12(18)4-9/h5-6,9,12,17-18H,2-4,7-8H2,1H3. The molecule has 2 N–H and O–H groups in total.